The van der Waals surface area contributed by atoms with Gasteiger partial charge in [0.05, 0.1) is 6.10 Å². The predicted octanol–water partition coefficient (Wildman–Crippen LogP) is 1.48. The van der Waals surface area contributed by atoms with E-state index in [1.807, 2.05) is 0 Å². The van der Waals surface area contributed by atoms with E-state index in [0.717, 1.165) is 13.1 Å². The summed E-state index contributed by atoms with van der Waals surface area (Å²) in [6.07, 6.45) is 8.04. The quantitative estimate of drug-likeness (QED) is 0.789. The highest BCUT2D eigenvalue weighted by molar-refractivity contribution is 5.75. The lowest BCUT2D eigenvalue weighted by molar-refractivity contribution is -0.130. The summed E-state index contributed by atoms with van der Waals surface area (Å²) in [5.74, 6) is 0.255. The fraction of sp³-hybridized carbons (Fsp3) is 0.933. The van der Waals surface area contributed by atoms with Crippen LogP contribution >= 0.6 is 0 Å². The second-order valence-corrected chi connectivity index (χ2v) is 6.42. The van der Waals surface area contributed by atoms with Crippen LogP contribution in [-0.4, -0.2) is 60.1 Å². The predicted molar refractivity (Wildman–Crippen MR) is 75.9 cm³/mol. The zero-order chi connectivity index (χ0) is 13.8. The standard InChI is InChI=1S/C15H28N2O2/c1-16(2)15(19)9-12-10-17(11-14(12)18)13-7-5-3-4-6-8-13/h12-14,18H,3-11H2,1-2H3/t12-,14-/m0/s1. The molecule has 1 aliphatic carbocycles. The number of aliphatic hydroxyl groups is 1. The van der Waals surface area contributed by atoms with Crippen molar-refractivity contribution in [3.8, 4) is 0 Å². The van der Waals surface area contributed by atoms with Crippen molar-refractivity contribution in [2.75, 3.05) is 27.2 Å². The summed E-state index contributed by atoms with van der Waals surface area (Å²) in [5, 5.41) is 10.2. The maximum absolute atomic E-state index is 11.8. The van der Waals surface area contributed by atoms with Crippen LogP contribution in [0.1, 0.15) is 44.9 Å². The van der Waals surface area contributed by atoms with Crippen molar-refractivity contribution in [2.24, 2.45) is 5.92 Å². The van der Waals surface area contributed by atoms with Crippen molar-refractivity contribution in [1.29, 1.82) is 0 Å². The van der Waals surface area contributed by atoms with Gasteiger partial charge < -0.3 is 10.0 Å². The summed E-state index contributed by atoms with van der Waals surface area (Å²) in [6, 6.07) is 0.636. The molecule has 0 aromatic carbocycles. The molecular formula is C15H28N2O2. The number of β-amino-alcohol motifs (C(OH)–C–C–N with tert-alkyl or cyclic N) is 1. The van der Waals surface area contributed by atoms with Crippen LogP contribution in [0.5, 0.6) is 0 Å². The van der Waals surface area contributed by atoms with E-state index < -0.39 is 0 Å². The Kier molecular flexibility index (Phi) is 5.22. The van der Waals surface area contributed by atoms with Gasteiger partial charge in [-0.05, 0) is 12.8 Å². The third-order valence-electron chi connectivity index (χ3n) is 4.71. The maximum Gasteiger partial charge on any atom is 0.222 e. The molecule has 2 rings (SSSR count). The molecule has 4 nitrogen and oxygen atoms in total. The van der Waals surface area contributed by atoms with Gasteiger partial charge in [0.2, 0.25) is 5.91 Å². The van der Waals surface area contributed by atoms with Gasteiger partial charge in [-0.3, -0.25) is 9.69 Å². The number of hydrogen-bond donors (Lipinski definition) is 1. The van der Waals surface area contributed by atoms with E-state index in [4.69, 9.17) is 0 Å². The first-order valence-corrected chi connectivity index (χ1v) is 7.70. The zero-order valence-electron chi connectivity index (χ0n) is 12.3. The molecule has 4 heteroatoms. The van der Waals surface area contributed by atoms with E-state index in [2.05, 4.69) is 4.90 Å². The molecule has 2 fully saturated rings. The molecule has 0 bridgehead atoms. The Hall–Kier alpha value is -0.610. The minimum absolute atomic E-state index is 0.123. The zero-order valence-corrected chi connectivity index (χ0v) is 12.3. The molecule has 1 saturated carbocycles. The van der Waals surface area contributed by atoms with Gasteiger partial charge >= 0.3 is 0 Å². The van der Waals surface area contributed by atoms with E-state index in [9.17, 15) is 9.90 Å². The Balaban J connectivity index is 1.87. The van der Waals surface area contributed by atoms with Crippen LogP contribution in [0, 0.1) is 5.92 Å². The van der Waals surface area contributed by atoms with Crippen molar-refractivity contribution in [2.45, 2.75) is 57.1 Å². The lowest BCUT2D eigenvalue weighted by Gasteiger charge is -2.26. The molecule has 1 amide bonds. The van der Waals surface area contributed by atoms with Crippen molar-refractivity contribution in [3.05, 3.63) is 0 Å². The first-order chi connectivity index (χ1) is 9.08. The fourth-order valence-corrected chi connectivity index (χ4v) is 3.42. The van der Waals surface area contributed by atoms with Gasteiger partial charge in [0.1, 0.15) is 0 Å². The van der Waals surface area contributed by atoms with Gasteiger partial charge in [0, 0.05) is 45.6 Å². The highest BCUT2D eigenvalue weighted by Gasteiger charge is 2.36. The molecule has 19 heavy (non-hydrogen) atoms. The van der Waals surface area contributed by atoms with E-state index in [1.165, 1.54) is 38.5 Å². The average Bonchev–Trinajstić information content (AvgIpc) is 2.59. The second-order valence-electron chi connectivity index (χ2n) is 6.42. The SMILES string of the molecule is CN(C)C(=O)C[C@H]1CN(C2CCCCCC2)C[C@@H]1O. The Bertz CT molecular complexity index is 299. The van der Waals surface area contributed by atoms with E-state index >= 15 is 0 Å². The number of amides is 1. The Morgan fingerprint density at radius 1 is 1.16 bits per heavy atom. The van der Waals surface area contributed by atoms with Crippen molar-refractivity contribution >= 4 is 5.91 Å². The summed E-state index contributed by atoms with van der Waals surface area (Å²) >= 11 is 0. The lowest BCUT2D eigenvalue weighted by atomic mass is 10.0. The molecular weight excluding hydrogens is 240 g/mol. The third kappa shape index (κ3) is 3.93. The molecule has 0 aromatic rings. The highest BCUT2D eigenvalue weighted by atomic mass is 16.3. The van der Waals surface area contributed by atoms with Gasteiger partial charge in [-0.15, -0.1) is 0 Å². The smallest absolute Gasteiger partial charge is 0.222 e. The van der Waals surface area contributed by atoms with Crippen LogP contribution in [0.2, 0.25) is 0 Å². The molecule has 0 radical (unpaired) electrons. The number of carbonyl (C=O) groups is 1. The van der Waals surface area contributed by atoms with E-state index in [1.54, 1.807) is 19.0 Å². The second kappa shape index (κ2) is 6.71. The molecule has 0 aromatic heterocycles. The Morgan fingerprint density at radius 3 is 2.37 bits per heavy atom. The lowest BCUT2D eigenvalue weighted by Crippen LogP contribution is -2.33. The van der Waals surface area contributed by atoms with Crippen LogP contribution in [0.15, 0.2) is 0 Å². The highest BCUT2D eigenvalue weighted by Crippen LogP contribution is 2.28. The van der Waals surface area contributed by atoms with Gasteiger partial charge in [-0.25, -0.2) is 0 Å². The molecule has 1 heterocycles. The normalized spacial score (nSPS) is 30.3. The Morgan fingerprint density at radius 2 is 1.79 bits per heavy atom. The Labute approximate surface area is 116 Å². The van der Waals surface area contributed by atoms with Gasteiger partial charge in [-0.1, -0.05) is 25.7 Å². The van der Waals surface area contributed by atoms with Crippen LogP contribution in [0.3, 0.4) is 0 Å². The number of carbonyl (C=O) groups excluding carboxylic acids is 1. The monoisotopic (exact) mass is 268 g/mol. The molecule has 0 spiro atoms. The number of rotatable bonds is 3. The number of hydrogen-bond acceptors (Lipinski definition) is 3. The summed E-state index contributed by atoms with van der Waals surface area (Å²) in [4.78, 5) is 15.8. The molecule has 110 valence electrons. The van der Waals surface area contributed by atoms with E-state index in [-0.39, 0.29) is 17.9 Å². The van der Waals surface area contributed by atoms with Crippen LogP contribution in [0.4, 0.5) is 0 Å². The first-order valence-electron chi connectivity index (χ1n) is 7.70. The fourth-order valence-electron chi connectivity index (χ4n) is 3.42. The van der Waals surface area contributed by atoms with Crippen molar-refractivity contribution in [3.63, 3.8) is 0 Å². The topological polar surface area (TPSA) is 43.8 Å². The number of likely N-dealkylation sites (tertiary alicyclic amines) is 1. The third-order valence-corrected chi connectivity index (χ3v) is 4.71. The van der Waals surface area contributed by atoms with Gasteiger partial charge in [-0.2, -0.15) is 0 Å². The maximum atomic E-state index is 11.8. The molecule has 2 atom stereocenters. The van der Waals surface area contributed by atoms with Crippen molar-refractivity contribution in [1.82, 2.24) is 9.80 Å². The number of nitrogens with zero attached hydrogens (tertiary/aromatic N) is 2. The summed E-state index contributed by atoms with van der Waals surface area (Å²) in [6.45, 7) is 1.65. The minimum Gasteiger partial charge on any atom is -0.391 e. The summed E-state index contributed by atoms with van der Waals surface area (Å²) in [5.41, 5.74) is 0. The average molecular weight is 268 g/mol. The summed E-state index contributed by atoms with van der Waals surface area (Å²) in [7, 11) is 3.57. The molecule has 1 saturated heterocycles. The van der Waals surface area contributed by atoms with Crippen LogP contribution in [-0.2, 0) is 4.79 Å². The molecule has 1 aliphatic heterocycles. The van der Waals surface area contributed by atoms with E-state index in [0.29, 0.717) is 12.5 Å². The van der Waals surface area contributed by atoms with Gasteiger partial charge in [0.25, 0.3) is 0 Å². The molecule has 1 N–H and O–H groups in total. The van der Waals surface area contributed by atoms with Crippen molar-refractivity contribution < 1.29 is 9.90 Å². The largest absolute Gasteiger partial charge is 0.391 e. The summed E-state index contributed by atoms with van der Waals surface area (Å²) < 4.78 is 0. The minimum atomic E-state index is -0.327. The molecule has 0 unspecified atom stereocenters. The van der Waals surface area contributed by atoms with Crippen LogP contribution in [0.25, 0.3) is 0 Å². The van der Waals surface area contributed by atoms with Crippen LogP contribution < -0.4 is 0 Å². The van der Waals surface area contributed by atoms with Gasteiger partial charge in [0.15, 0.2) is 0 Å². The number of aliphatic hydroxyl groups excluding tert-OH is 1. The first kappa shape index (κ1) is 14.8. The molecule has 2 aliphatic rings.